The Kier molecular flexibility index (Phi) is 5.58. The van der Waals surface area contributed by atoms with Crippen molar-refractivity contribution in [2.45, 2.75) is 58.6 Å². The normalized spacial score (nSPS) is 17.6. The summed E-state index contributed by atoms with van der Waals surface area (Å²) in [6.07, 6.45) is 4.07. The summed E-state index contributed by atoms with van der Waals surface area (Å²) in [6, 6.07) is 1.75. The van der Waals surface area contributed by atoms with E-state index in [2.05, 4.69) is 15.4 Å². The minimum Gasteiger partial charge on any atom is -0.444 e. The van der Waals surface area contributed by atoms with Crippen molar-refractivity contribution in [2.24, 2.45) is 7.05 Å². The molecule has 28 heavy (non-hydrogen) atoms. The lowest BCUT2D eigenvalue weighted by Crippen LogP contribution is -2.50. The Morgan fingerprint density at radius 3 is 2.79 bits per heavy atom. The number of aryl methyl sites for hydroxylation is 2. The first-order valence-electron chi connectivity index (χ1n) is 9.73. The molecule has 1 aliphatic rings. The van der Waals surface area contributed by atoms with E-state index in [-0.39, 0.29) is 18.0 Å². The van der Waals surface area contributed by atoms with E-state index in [0.717, 1.165) is 36.0 Å². The number of likely N-dealkylation sites (tertiary alicyclic amines) is 1. The highest BCUT2D eigenvalue weighted by molar-refractivity contribution is 5.97. The number of fused-ring (bicyclic) bond motifs is 1. The number of hydrogen-bond donors (Lipinski definition) is 1. The number of piperidine rings is 1. The fraction of sp³-hybridized carbons (Fsp3) is 0.600. The predicted molar refractivity (Wildman–Crippen MR) is 106 cm³/mol. The fourth-order valence-corrected chi connectivity index (χ4v) is 3.52. The van der Waals surface area contributed by atoms with Crippen LogP contribution in [0.5, 0.6) is 0 Å². The molecule has 1 saturated heterocycles. The standard InChI is InChI=1S/C20H29N5O3/c1-13-16-10-14(11-21-17(16)24(5)23-13)18(26)22-12-15-8-6-7-9-25(15)19(27)28-20(2,3)4/h10-11,15H,6-9,12H2,1-5H3,(H,22,26). The largest absolute Gasteiger partial charge is 0.444 e. The number of nitrogens with zero attached hydrogens (tertiary/aromatic N) is 4. The Labute approximate surface area is 165 Å². The highest BCUT2D eigenvalue weighted by Gasteiger charge is 2.30. The van der Waals surface area contributed by atoms with E-state index in [0.29, 0.717) is 18.7 Å². The van der Waals surface area contributed by atoms with Crippen LogP contribution in [0.25, 0.3) is 11.0 Å². The lowest BCUT2D eigenvalue weighted by molar-refractivity contribution is 0.00986. The summed E-state index contributed by atoms with van der Waals surface area (Å²) in [6.45, 7) is 8.51. The van der Waals surface area contributed by atoms with Gasteiger partial charge in [-0.25, -0.2) is 9.78 Å². The number of pyridine rings is 1. The Bertz CT molecular complexity index is 884. The molecule has 0 radical (unpaired) electrons. The van der Waals surface area contributed by atoms with E-state index in [1.807, 2.05) is 40.8 Å². The van der Waals surface area contributed by atoms with E-state index in [9.17, 15) is 9.59 Å². The van der Waals surface area contributed by atoms with Crippen LogP contribution < -0.4 is 5.32 Å². The molecule has 0 aromatic carbocycles. The first kappa shape index (κ1) is 20.1. The molecule has 152 valence electrons. The minimum atomic E-state index is -0.537. The first-order chi connectivity index (χ1) is 13.2. The number of carbonyl (C=O) groups is 2. The molecular weight excluding hydrogens is 358 g/mol. The van der Waals surface area contributed by atoms with Crippen LogP contribution in [-0.2, 0) is 11.8 Å². The van der Waals surface area contributed by atoms with Crippen LogP contribution >= 0.6 is 0 Å². The molecule has 3 rings (SSSR count). The first-order valence-corrected chi connectivity index (χ1v) is 9.73. The van der Waals surface area contributed by atoms with Crippen LogP contribution in [0.3, 0.4) is 0 Å². The second-order valence-corrected chi connectivity index (χ2v) is 8.34. The summed E-state index contributed by atoms with van der Waals surface area (Å²) in [5, 5.41) is 8.15. The van der Waals surface area contributed by atoms with Crippen molar-refractivity contribution in [2.75, 3.05) is 13.1 Å². The summed E-state index contributed by atoms with van der Waals surface area (Å²) >= 11 is 0. The summed E-state index contributed by atoms with van der Waals surface area (Å²) in [5.74, 6) is -0.202. The molecule has 2 amide bonds. The maximum Gasteiger partial charge on any atom is 0.410 e. The highest BCUT2D eigenvalue weighted by Crippen LogP contribution is 2.20. The van der Waals surface area contributed by atoms with Gasteiger partial charge >= 0.3 is 6.09 Å². The lowest BCUT2D eigenvalue weighted by atomic mass is 10.0. The molecule has 8 nitrogen and oxygen atoms in total. The third-order valence-corrected chi connectivity index (χ3v) is 4.88. The number of amides is 2. The van der Waals surface area contributed by atoms with Crippen LogP contribution in [0.4, 0.5) is 4.79 Å². The number of aromatic nitrogens is 3. The Morgan fingerprint density at radius 1 is 1.32 bits per heavy atom. The molecule has 1 atom stereocenters. The number of nitrogens with one attached hydrogen (secondary N) is 1. The minimum absolute atomic E-state index is 0.0654. The van der Waals surface area contributed by atoms with Crippen molar-refractivity contribution in [1.29, 1.82) is 0 Å². The zero-order valence-corrected chi connectivity index (χ0v) is 17.3. The maximum atomic E-state index is 12.6. The van der Waals surface area contributed by atoms with Gasteiger partial charge < -0.3 is 15.0 Å². The molecule has 0 saturated carbocycles. The van der Waals surface area contributed by atoms with Crippen molar-refractivity contribution in [3.8, 4) is 0 Å². The number of hydrogen-bond acceptors (Lipinski definition) is 5. The van der Waals surface area contributed by atoms with Gasteiger partial charge in [0.2, 0.25) is 0 Å². The molecule has 1 unspecified atom stereocenters. The van der Waals surface area contributed by atoms with Gasteiger partial charge in [-0.05, 0) is 53.0 Å². The molecule has 2 aromatic rings. The van der Waals surface area contributed by atoms with Gasteiger partial charge in [0, 0.05) is 31.7 Å². The van der Waals surface area contributed by atoms with Crippen LogP contribution in [0.2, 0.25) is 0 Å². The second kappa shape index (κ2) is 7.77. The Balaban J connectivity index is 1.67. The number of rotatable bonds is 3. The molecule has 3 heterocycles. The molecule has 1 aliphatic heterocycles. The number of carbonyl (C=O) groups excluding carboxylic acids is 2. The molecule has 8 heteroatoms. The smallest absolute Gasteiger partial charge is 0.410 e. The molecule has 0 aliphatic carbocycles. The topological polar surface area (TPSA) is 89.4 Å². The van der Waals surface area contributed by atoms with Gasteiger partial charge in [0.15, 0.2) is 5.65 Å². The molecule has 0 spiro atoms. The zero-order valence-electron chi connectivity index (χ0n) is 17.3. The predicted octanol–water partition coefficient (Wildman–Crippen LogP) is 2.80. The summed E-state index contributed by atoms with van der Waals surface area (Å²) in [7, 11) is 1.83. The average Bonchev–Trinajstić information content (AvgIpc) is 2.92. The lowest BCUT2D eigenvalue weighted by Gasteiger charge is -2.36. The van der Waals surface area contributed by atoms with Crippen LogP contribution in [0.15, 0.2) is 12.3 Å². The SMILES string of the molecule is Cc1nn(C)c2ncc(C(=O)NCC3CCCCN3C(=O)OC(C)(C)C)cc12. The average molecular weight is 387 g/mol. The Hall–Kier alpha value is -2.64. The van der Waals surface area contributed by atoms with E-state index in [1.54, 1.807) is 15.8 Å². The van der Waals surface area contributed by atoms with E-state index >= 15 is 0 Å². The van der Waals surface area contributed by atoms with Gasteiger partial charge in [-0.3, -0.25) is 9.48 Å². The van der Waals surface area contributed by atoms with Crippen molar-refractivity contribution in [1.82, 2.24) is 25.0 Å². The molecule has 2 aromatic heterocycles. The summed E-state index contributed by atoms with van der Waals surface area (Å²) in [5.41, 5.74) is 1.54. The van der Waals surface area contributed by atoms with E-state index < -0.39 is 5.60 Å². The molecule has 0 bridgehead atoms. The highest BCUT2D eigenvalue weighted by atomic mass is 16.6. The van der Waals surface area contributed by atoms with Crippen LogP contribution in [0.1, 0.15) is 56.1 Å². The maximum absolute atomic E-state index is 12.6. The van der Waals surface area contributed by atoms with Crippen molar-refractivity contribution in [3.05, 3.63) is 23.5 Å². The Morgan fingerprint density at radius 2 is 2.07 bits per heavy atom. The summed E-state index contributed by atoms with van der Waals surface area (Å²) in [4.78, 5) is 31.2. The van der Waals surface area contributed by atoms with Gasteiger partial charge in [-0.2, -0.15) is 5.10 Å². The zero-order chi connectivity index (χ0) is 20.5. The third kappa shape index (κ3) is 4.43. The monoisotopic (exact) mass is 387 g/mol. The third-order valence-electron chi connectivity index (χ3n) is 4.88. The van der Waals surface area contributed by atoms with Gasteiger partial charge in [-0.1, -0.05) is 0 Å². The second-order valence-electron chi connectivity index (χ2n) is 8.34. The molecule has 1 fully saturated rings. The van der Waals surface area contributed by atoms with Gasteiger partial charge in [0.1, 0.15) is 5.60 Å². The number of ether oxygens (including phenoxy) is 1. The van der Waals surface area contributed by atoms with E-state index in [1.165, 1.54) is 0 Å². The van der Waals surface area contributed by atoms with E-state index in [4.69, 9.17) is 4.74 Å². The molecule has 1 N–H and O–H groups in total. The van der Waals surface area contributed by atoms with Crippen molar-refractivity contribution < 1.29 is 14.3 Å². The van der Waals surface area contributed by atoms with Gasteiger partial charge in [0.05, 0.1) is 17.3 Å². The van der Waals surface area contributed by atoms with Crippen LogP contribution in [0, 0.1) is 6.92 Å². The van der Waals surface area contributed by atoms with Crippen molar-refractivity contribution in [3.63, 3.8) is 0 Å². The fourth-order valence-electron chi connectivity index (χ4n) is 3.52. The van der Waals surface area contributed by atoms with Gasteiger partial charge in [-0.15, -0.1) is 0 Å². The molecular formula is C20H29N5O3. The summed E-state index contributed by atoms with van der Waals surface area (Å²) < 4.78 is 7.22. The van der Waals surface area contributed by atoms with Crippen LogP contribution in [-0.4, -0.2) is 56.4 Å². The van der Waals surface area contributed by atoms with Crippen molar-refractivity contribution >= 4 is 23.0 Å². The quantitative estimate of drug-likeness (QED) is 0.875. The van der Waals surface area contributed by atoms with Gasteiger partial charge in [0.25, 0.3) is 5.91 Å².